The van der Waals surface area contributed by atoms with E-state index in [9.17, 15) is 30.6 Å². The lowest BCUT2D eigenvalue weighted by molar-refractivity contribution is -0.306. The van der Waals surface area contributed by atoms with Crippen molar-refractivity contribution in [2.45, 2.75) is 92.1 Å². The Kier molecular flexibility index (Phi) is 8.21. The van der Waals surface area contributed by atoms with Gasteiger partial charge in [-0.25, -0.2) is 0 Å². The first-order valence-electron chi connectivity index (χ1n) is 10.2. The highest BCUT2D eigenvalue weighted by Crippen LogP contribution is 2.31. The summed E-state index contributed by atoms with van der Waals surface area (Å²) in [6.45, 7) is -0.673. The largest absolute Gasteiger partial charge is 0.394 e. The van der Waals surface area contributed by atoms with E-state index in [1.807, 2.05) is 0 Å². The minimum atomic E-state index is -1.51. The van der Waals surface area contributed by atoms with E-state index in [1.165, 1.54) is 0 Å². The van der Waals surface area contributed by atoms with Crippen LogP contribution >= 0.6 is 0 Å². The second-order valence-electron chi connectivity index (χ2n) is 8.30. The Balaban J connectivity index is 1.78. The number of ether oxygens (including phenoxy) is 4. The summed E-state index contributed by atoms with van der Waals surface area (Å²) >= 11 is 0. The maximum atomic E-state index is 10.6. The normalized spacial score (nSPS) is 53.6. The number of aliphatic hydroxyl groups excluding tert-OH is 6. The van der Waals surface area contributed by atoms with Gasteiger partial charge in [-0.05, 0) is 6.42 Å². The first kappa shape index (κ1) is 25.1. The first-order valence-corrected chi connectivity index (χ1v) is 10.2. The minimum absolute atomic E-state index is 0.114. The molecule has 0 radical (unpaired) electrons. The van der Waals surface area contributed by atoms with Crippen LogP contribution < -0.4 is 22.9 Å². The molecule has 14 nitrogen and oxygen atoms in total. The summed E-state index contributed by atoms with van der Waals surface area (Å²) in [5.41, 5.74) is 23.6. The molecule has 0 spiro atoms. The zero-order valence-electron chi connectivity index (χ0n) is 16.8. The minimum Gasteiger partial charge on any atom is -0.394 e. The fourth-order valence-corrected chi connectivity index (χ4v) is 4.16. The standard InChI is InChI=1S/C17H34N4O10/c18-2-6-10(24)12(26)8(21)16(28-6)30-14-5(20)1-4(19)9(23)15(14)31-17-13(27)11(25)7(3-22)29-17/h4-17,22-27H,1-3,18-21H2/t4?,5?,6?,7-,8?,9?,10?,11?,12?,13?,14?,15?,16?,17+/m1/s1. The Morgan fingerprint density at radius 1 is 0.710 bits per heavy atom. The fourth-order valence-electron chi connectivity index (χ4n) is 4.16. The van der Waals surface area contributed by atoms with Crippen molar-refractivity contribution in [2.24, 2.45) is 22.9 Å². The molecular formula is C17H34N4O10. The Bertz CT molecular complexity index is 591. The number of hydrogen-bond donors (Lipinski definition) is 10. The van der Waals surface area contributed by atoms with Gasteiger partial charge in [0.05, 0.1) is 18.8 Å². The molecule has 3 rings (SSSR count). The molecule has 12 unspecified atom stereocenters. The molecule has 31 heavy (non-hydrogen) atoms. The molecule has 0 bridgehead atoms. The highest BCUT2D eigenvalue weighted by Gasteiger charge is 2.52. The van der Waals surface area contributed by atoms with Gasteiger partial charge in [-0.1, -0.05) is 0 Å². The van der Waals surface area contributed by atoms with Crippen LogP contribution in [-0.4, -0.2) is 129 Å². The smallest absolute Gasteiger partial charge is 0.187 e. The third kappa shape index (κ3) is 4.87. The summed E-state index contributed by atoms with van der Waals surface area (Å²) < 4.78 is 22.5. The van der Waals surface area contributed by atoms with Crippen LogP contribution in [-0.2, 0) is 18.9 Å². The van der Waals surface area contributed by atoms with Crippen molar-refractivity contribution in [3.63, 3.8) is 0 Å². The van der Waals surface area contributed by atoms with Crippen LogP contribution in [0.25, 0.3) is 0 Å². The van der Waals surface area contributed by atoms with E-state index in [1.54, 1.807) is 0 Å². The van der Waals surface area contributed by atoms with Crippen LogP contribution in [0, 0.1) is 0 Å². The Morgan fingerprint density at radius 2 is 1.29 bits per heavy atom. The summed E-state index contributed by atoms with van der Waals surface area (Å²) in [5, 5.41) is 60.2. The maximum absolute atomic E-state index is 10.6. The quantitative estimate of drug-likeness (QED) is 0.179. The van der Waals surface area contributed by atoms with Gasteiger partial charge in [0.2, 0.25) is 0 Å². The van der Waals surface area contributed by atoms with Gasteiger partial charge in [0.15, 0.2) is 12.6 Å². The number of hydrogen-bond acceptors (Lipinski definition) is 14. The SMILES string of the molecule is NCC1OC(OC2C(N)CC(N)C(O)C2O[C@@H]2O[C@H](CO)C(O)C2O)C(N)C(O)C1O. The van der Waals surface area contributed by atoms with Crippen LogP contribution in [0.1, 0.15) is 6.42 Å². The van der Waals surface area contributed by atoms with E-state index in [-0.39, 0.29) is 13.0 Å². The second-order valence-corrected chi connectivity index (χ2v) is 8.30. The molecular weight excluding hydrogens is 420 g/mol. The topological polar surface area (TPSA) is 262 Å². The van der Waals surface area contributed by atoms with Gasteiger partial charge in [-0.2, -0.15) is 0 Å². The lowest BCUT2D eigenvalue weighted by Crippen LogP contribution is -2.68. The number of aliphatic hydroxyl groups is 6. The van der Waals surface area contributed by atoms with Gasteiger partial charge in [0.25, 0.3) is 0 Å². The molecule has 1 saturated carbocycles. The average Bonchev–Trinajstić information content (AvgIpc) is 3.02. The van der Waals surface area contributed by atoms with E-state index in [4.69, 9.17) is 41.9 Å². The summed E-state index contributed by atoms with van der Waals surface area (Å²) in [7, 11) is 0. The fraction of sp³-hybridized carbons (Fsp3) is 1.00. The first-order chi connectivity index (χ1) is 14.6. The van der Waals surface area contributed by atoms with Crippen molar-refractivity contribution in [3.8, 4) is 0 Å². The molecule has 182 valence electrons. The Morgan fingerprint density at radius 3 is 1.87 bits per heavy atom. The molecule has 1 aliphatic carbocycles. The third-order valence-electron chi connectivity index (χ3n) is 6.13. The molecule has 0 aromatic rings. The summed E-state index contributed by atoms with van der Waals surface area (Å²) in [6, 6.07) is -2.72. The second kappa shape index (κ2) is 10.1. The third-order valence-corrected chi connectivity index (χ3v) is 6.13. The molecule has 2 aliphatic heterocycles. The van der Waals surface area contributed by atoms with Crippen LogP contribution in [0.2, 0.25) is 0 Å². The van der Waals surface area contributed by atoms with E-state index in [0.717, 1.165) is 0 Å². The average molecular weight is 454 g/mol. The molecule has 0 aromatic heterocycles. The zero-order valence-corrected chi connectivity index (χ0v) is 16.8. The molecule has 2 heterocycles. The predicted molar refractivity (Wildman–Crippen MR) is 102 cm³/mol. The van der Waals surface area contributed by atoms with Crippen molar-refractivity contribution in [1.82, 2.24) is 0 Å². The monoisotopic (exact) mass is 454 g/mol. The molecule has 14 heteroatoms. The highest BCUT2D eigenvalue weighted by atomic mass is 16.7. The van der Waals surface area contributed by atoms with Crippen LogP contribution in [0.3, 0.4) is 0 Å². The van der Waals surface area contributed by atoms with Crippen molar-refractivity contribution in [2.75, 3.05) is 13.2 Å². The lowest BCUT2D eigenvalue weighted by Gasteiger charge is -2.47. The molecule has 14 atom stereocenters. The molecule has 0 aromatic carbocycles. The van der Waals surface area contributed by atoms with E-state index >= 15 is 0 Å². The van der Waals surface area contributed by atoms with E-state index in [2.05, 4.69) is 0 Å². The predicted octanol–water partition coefficient (Wildman–Crippen LogP) is -6.65. The van der Waals surface area contributed by atoms with E-state index < -0.39 is 92.2 Å². The van der Waals surface area contributed by atoms with Gasteiger partial charge in [-0.15, -0.1) is 0 Å². The van der Waals surface area contributed by atoms with Gasteiger partial charge >= 0.3 is 0 Å². The van der Waals surface area contributed by atoms with Crippen LogP contribution in [0.15, 0.2) is 0 Å². The summed E-state index contributed by atoms with van der Waals surface area (Å²) in [6.07, 6.45) is -13.8. The van der Waals surface area contributed by atoms with Crippen molar-refractivity contribution < 1.29 is 49.6 Å². The highest BCUT2D eigenvalue weighted by molar-refractivity contribution is 5.01. The van der Waals surface area contributed by atoms with E-state index in [0.29, 0.717) is 0 Å². The molecule has 14 N–H and O–H groups in total. The van der Waals surface area contributed by atoms with Gasteiger partial charge in [0.1, 0.15) is 48.8 Å². The Hall–Kier alpha value is -0.560. The zero-order chi connectivity index (χ0) is 23.0. The summed E-state index contributed by atoms with van der Waals surface area (Å²) in [4.78, 5) is 0. The van der Waals surface area contributed by atoms with Crippen LogP contribution in [0.5, 0.6) is 0 Å². The molecule has 2 saturated heterocycles. The van der Waals surface area contributed by atoms with Crippen LogP contribution in [0.4, 0.5) is 0 Å². The van der Waals surface area contributed by atoms with Gasteiger partial charge in [0, 0.05) is 18.6 Å². The molecule has 3 fully saturated rings. The van der Waals surface area contributed by atoms with Crippen molar-refractivity contribution >= 4 is 0 Å². The number of nitrogens with two attached hydrogens (primary N) is 4. The number of rotatable bonds is 6. The maximum Gasteiger partial charge on any atom is 0.187 e. The van der Waals surface area contributed by atoms with Crippen molar-refractivity contribution in [3.05, 3.63) is 0 Å². The lowest BCUT2D eigenvalue weighted by atomic mass is 9.84. The molecule has 0 amide bonds. The van der Waals surface area contributed by atoms with Gasteiger partial charge < -0.3 is 72.5 Å². The summed E-state index contributed by atoms with van der Waals surface area (Å²) in [5.74, 6) is 0. The Labute approximate surface area is 178 Å². The van der Waals surface area contributed by atoms with Gasteiger partial charge in [-0.3, -0.25) is 0 Å². The molecule has 3 aliphatic rings. The van der Waals surface area contributed by atoms with Crippen molar-refractivity contribution in [1.29, 1.82) is 0 Å².